The number of carboxylic acid groups (broad SMARTS) is 6. The number of rotatable bonds is 21. The summed E-state index contributed by atoms with van der Waals surface area (Å²) >= 11 is 0. The number of carbonyl (C=O) groups is 6. The van der Waals surface area contributed by atoms with Crippen LogP contribution in [0.2, 0.25) is 0 Å². The number of carboxylic acids is 6. The topological polar surface area (TPSA) is 300 Å². The molecule has 0 aromatic carbocycles. The molecule has 0 aliphatic rings. The minimum absolute atomic E-state index is 0.103. The minimum Gasteiger partial charge on any atom is -0.480 e. The summed E-state index contributed by atoms with van der Waals surface area (Å²) in [6, 6.07) is 7.79. The van der Waals surface area contributed by atoms with Gasteiger partial charge in [-0.05, 0) is 18.2 Å². The minimum atomic E-state index is -1.23. The second kappa shape index (κ2) is 16.7. The van der Waals surface area contributed by atoms with Gasteiger partial charge in [0, 0.05) is 50.4 Å². The van der Waals surface area contributed by atoms with Crippen LogP contribution < -0.4 is 0 Å². The molecule has 51 heavy (non-hydrogen) atoms. The van der Waals surface area contributed by atoms with Gasteiger partial charge < -0.3 is 30.6 Å². The molecule has 4 heterocycles. The van der Waals surface area contributed by atoms with E-state index in [4.69, 9.17) is 0 Å². The summed E-state index contributed by atoms with van der Waals surface area (Å²) in [7, 11) is 0. The molecule has 0 saturated carbocycles. The van der Waals surface area contributed by atoms with Crippen molar-refractivity contribution in [1.29, 1.82) is 0 Å². The summed E-state index contributed by atoms with van der Waals surface area (Å²) in [4.78, 5) is 75.7. The number of aliphatic carboxylic acids is 6. The van der Waals surface area contributed by atoms with E-state index in [1.54, 1.807) is 36.5 Å². The fraction of sp³-hybridized carbons (Fsp3) is 0.310. The highest BCUT2D eigenvalue weighted by Crippen LogP contribution is 2.19. The van der Waals surface area contributed by atoms with E-state index in [0.29, 0.717) is 22.8 Å². The summed E-state index contributed by atoms with van der Waals surface area (Å²) in [5.41, 5.74) is 1.37. The van der Waals surface area contributed by atoms with Crippen LogP contribution >= 0.6 is 0 Å². The third kappa shape index (κ3) is 11.6. The van der Waals surface area contributed by atoms with Gasteiger partial charge in [-0.2, -0.15) is 15.3 Å². The van der Waals surface area contributed by atoms with Gasteiger partial charge in [0.25, 0.3) is 0 Å². The molecule has 0 aliphatic heterocycles. The SMILES string of the molecule is O=C(O)CN(CC(=O)O)Cc1ccn(-c2cc(-n3ccc(CN(CC(=O)O)CC(=O)O)n3)nc(-n3ccc(CN(CC(=O)O)CC(=O)O)n3)c2)n1. The number of nitrogens with zero attached hydrogens (tertiary/aromatic N) is 10. The Bertz CT molecular complexity index is 1640. The third-order valence-corrected chi connectivity index (χ3v) is 6.76. The van der Waals surface area contributed by atoms with E-state index in [1.807, 2.05) is 0 Å². The maximum atomic E-state index is 11.3. The summed E-state index contributed by atoms with van der Waals surface area (Å²) in [5, 5.41) is 68.5. The maximum Gasteiger partial charge on any atom is 0.317 e. The molecule has 4 aromatic rings. The highest BCUT2D eigenvalue weighted by atomic mass is 16.4. The third-order valence-electron chi connectivity index (χ3n) is 6.76. The quantitative estimate of drug-likeness (QED) is 0.0576. The van der Waals surface area contributed by atoms with Gasteiger partial charge in [0.05, 0.1) is 62.0 Å². The molecule has 0 fully saturated rings. The Kier molecular flexibility index (Phi) is 12.2. The Morgan fingerprint density at radius 1 is 0.471 bits per heavy atom. The van der Waals surface area contributed by atoms with Crippen molar-refractivity contribution in [1.82, 2.24) is 49.0 Å². The van der Waals surface area contributed by atoms with Gasteiger partial charge in [0.15, 0.2) is 11.6 Å². The lowest BCUT2D eigenvalue weighted by molar-refractivity contribution is -0.144. The van der Waals surface area contributed by atoms with Crippen LogP contribution in [0, 0.1) is 0 Å². The molecule has 0 unspecified atom stereocenters. The summed E-state index contributed by atoms with van der Waals surface area (Å²) < 4.78 is 4.11. The lowest BCUT2D eigenvalue weighted by Crippen LogP contribution is -2.34. The molecule has 0 spiro atoms. The van der Waals surface area contributed by atoms with Crippen molar-refractivity contribution < 1.29 is 59.4 Å². The van der Waals surface area contributed by atoms with Crippen LogP contribution in [0.5, 0.6) is 0 Å². The first-order chi connectivity index (χ1) is 24.1. The van der Waals surface area contributed by atoms with Crippen molar-refractivity contribution in [3.05, 3.63) is 66.0 Å². The summed E-state index contributed by atoms with van der Waals surface area (Å²) in [6.45, 7) is -3.61. The maximum absolute atomic E-state index is 11.3. The normalized spacial score (nSPS) is 11.4. The van der Waals surface area contributed by atoms with E-state index in [2.05, 4.69) is 20.3 Å². The largest absolute Gasteiger partial charge is 0.480 e. The van der Waals surface area contributed by atoms with Crippen molar-refractivity contribution >= 4 is 35.8 Å². The molecule has 4 rings (SSSR count). The Labute approximate surface area is 286 Å². The fourth-order valence-corrected chi connectivity index (χ4v) is 4.93. The lowest BCUT2D eigenvalue weighted by Gasteiger charge is -2.16. The fourth-order valence-electron chi connectivity index (χ4n) is 4.93. The molecule has 0 bridgehead atoms. The number of hydrogen-bond donors (Lipinski definition) is 6. The highest BCUT2D eigenvalue weighted by Gasteiger charge is 2.20. The van der Waals surface area contributed by atoms with Gasteiger partial charge in [-0.15, -0.1) is 0 Å². The molecular formula is C29H32N10O12. The predicted octanol–water partition coefficient (Wildman–Crippen LogP) is -1.45. The average Bonchev–Trinajstić information content (AvgIpc) is 3.77. The second-order valence-corrected chi connectivity index (χ2v) is 11.1. The van der Waals surface area contributed by atoms with E-state index >= 15 is 0 Å². The molecule has 22 heteroatoms. The highest BCUT2D eigenvalue weighted by molar-refractivity contribution is 5.73. The molecule has 0 aliphatic carbocycles. The first-order valence-corrected chi connectivity index (χ1v) is 14.8. The Morgan fingerprint density at radius 2 is 0.745 bits per heavy atom. The van der Waals surface area contributed by atoms with Crippen molar-refractivity contribution in [3.63, 3.8) is 0 Å². The van der Waals surface area contributed by atoms with Crippen LogP contribution in [-0.4, -0.2) is 155 Å². The smallest absolute Gasteiger partial charge is 0.317 e. The van der Waals surface area contributed by atoms with Crippen LogP contribution in [0.15, 0.2) is 48.9 Å². The number of hydrogen-bond acceptors (Lipinski definition) is 13. The predicted molar refractivity (Wildman–Crippen MR) is 167 cm³/mol. The zero-order chi connectivity index (χ0) is 37.2. The molecule has 4 aromatic heterocycles. The van der Waals surface area contributed by atoms with Crippen LogP contribution in [0.1, 0.15) is 17.1 Å². The first kappa shape index (κ1) is 37.3. The van der Waals surface area contributed by atoms with Gasteiger partial charge in [-0.3, -0.25) is 43.5 Å². The van der Waals surface area contributed by atoms with Crippen LogP contribution in [0.3, 0.4) is 0 Å². The zero-order valence-electron chi connectivity index (χ0n) is 26.6. The molecule has 270 valence electrons. The van der Waals surface area contributed by atoms with Crippen molar-refractivity contribution in [2.24, 2.45) is 0 Å². The Balaban J connectivity index is 1.70. The molecule has 0 atom stereocenters. The van der Waals surface area contributed by atoms with Crippen molar-refractivity contribution in [2.45, 2.75) is 19.6 Å². The second-order valence-electron chi connectivity index (χ2n) is 11.1. The molecule has 22 nitrogen and oxygen atoms in total. The Hall–Kier alpha value is -6.52. The van der Waals surface area contributed by atoms with Gasteiger partial charge >= 0.3 is 35.8 Å². The van der Waals surface area contributed by atoms with Crippen LogP contribution in [-0.2, 0) is 48.4 Å². The van der Waals surface area contributed by atoms with Gasteiger partial charge in [-0.1, -0.05) is 0 Å². The molecule has 6 N–H and O–H groups in total. The van der Waals surface area contributed by atoms with E-state index in [1.165, 1.54) is 41.1 Å². The molecular weight excluding hydrogens is 680 g/mol. The van der Waals surface area contributed by atoms with Crippen molar-refractivity contribution in [3.8, 4) is 17.3 Å². The van der Waals surface area contributed by atoms with Crippen LogP contribution in [0.4, 0.5) is 0 Å². The lowest BCUT2D eigenvalue weighted by atomic mass is 10.3. The van der Waals surface area contributed by atoms with Gasteiger partial charge in [-0.25, -0.2) is 19.0 Å². The van der Waals surface area contributed by atoms with E-state index in [0.717, 1.165) is 0 Å². The van der Waals surface area contributed by atoms with E-state index < -0.39 is 75.1 Å². The number of aromatic nitrogens is 7. The Morgan fingerprint density at radius 3 is 1.04 bits per heavy atom. The molecule has 0 amide bonds. The average molecular weight is 713 g/mol. The molecule has 0 radical (unpaired) electrons. The summed E-state index contributed by atoms with van der Waals surface area (Å²) in [6.07, 6.45) is 4.57. The number of pyridine rings is 1. The van der Waals surface area contributed by atoms with E-state index in [9.17, 15) is 59.4 Å². The monoisotopic (exact) mass is 712 g/mol. The standard InChI is InChI=1S/C29H32N10O12/c40-24(41)12-34(13-25(42)43)9-18-1-4-37(31-18)21-7-22(38-5-2-19(32-38)10-35(14-26(44)45)15-27(46)47)30-23(8-21)39-6-3-20(33-39)11-36(16-28(48)49)17-29(50)51/h1-8H,9-17H2,(H,40,41)(H,42,43)(H,44,45)(H,46,47)(H,48,49)(H,50,51). The molecule has 0 saturated heterocycles. The van der Waals surface area contributed by atoms with Gasteiger partial charge in [0.1, 0.15) is 0 Å². The van der Waals surface area contributed by atoms with Crippen LogP contribution in [0.25, 0.3) is 17.3 Å². The van der Waals surface area contributed by atoms with Crippen molar-refractivity contribution in [2.75, 3.05) is 39.3 Å². The summed E-state index contributed by atoms with van der Waals surface area (Å²) in [5.74, 6) is -6.96. The first-order valence-electron chi connectivity index (χ1n) is 14.8. The van der Waals surface area contributed by atoms with Gasteiger partial charge in [0.2, 0.25) is 0 Å². The van der Waals surface area contributed by atoms with E-state index in [-0.39, 0.29) is 31.3 Å². The zero-order valence-corrected chi connectivity index (χ0v) is 26.6.